The fraction of sp³-hybridized carbons (Fsp3) is 0.0909. The standard InChI is InChI=1S/C11H9N3/c1-2-6-10-9(5-1)13-11-12-7-3-4-8-14(10)11/h1-2,4-8H,3H2. The van der Waals surface area contributed by atoms with Gasteiger partial charge in [-0.1, -0.05) is 18.2 Å². The zero-order chi connectivity index (χ0) is 9.38. The van der Waals surface area contributed by atoms with Gasteiger partial charge in [0.25, 0.3) is 0 Å². The number of fused-ring (bicyclic) bond motifs is 3. The van der Waals surface area contributed by atoms with E-state index in [1.165, 1.54) is 0 Å². The van der Waals surface area contributed by atoms with Gasteiger partial charge in [-0.15, -0.1) is 0 Å². The monoisotopic (exact) mass is 183 g/mol. The Hall–Kier alpha value is -1.90. The summed E-state index contributed by atoms with van der Waals surface area (Å²) in [5.74, 6) is 0.764. The SMILES string of the molecule is C1=Cn2c(nc3ccccc32)N=CC1. The molecule has 0 aliphatic carbocycles. The second-order valence-corrected chi connectivity index (χ2v) is 3.20. The van der Waals surface area contributed by atoms with Crippen LogP contribution >= 0.6 is 0 Å². The Morgan fingerprint density at radius 1 is 1.21 bits per heavy atom. The number of rotatable bonds is 0. The highest BCUT2D eigenvalue weighted by molar-refractivity contribution is 5.82. The molecule has 0 amide bonds. The summed E-state index contributed by atoms with van der Waals surface area (Å²) in [6.07, 6.45) is 6.85. The van der Waals surface area contributed by atoms with Gasteiger partial charge in [-0.2, -0.15) is 0 Å². The van der Waals surface area contributed by atoms with Gasteiger partial charge in [0.15, 0.2) is 0 Å². The summed E-state index contributed by atoms with van der Waals surface area (Å²) in [5.41, 5.74) is 2.10. The van der Waals surface area contributed by atoms with Gasteiger partial charge in [-0.25, -0.2) is 9.98 Å². The molecule has 0 fully saturated rings. The van der Waals surface area contributed by atoms with Gasteiger partial charge < -0.3 is 0 Å². The van der Waals surface area contributed by atoms with Crippen molar-refractivity contribution in [3.05, 3.63) is 30.3 Å². The lowest BCUT2D eigenvalue weighted by Gasteiger charge is -1.95. The summed E-state index contributed by atoms with van der Waals surface area (Å²) in [4.78, 5) is 8.72. The van der Waals surface area contributed by atoms with E-state index in [2.05, 4.69) is 22.1 Å². The van der Waals surface area contributed by atoms with Crippen molar-refractivity contribution in [3.8, 4) is 0 Å². The maximum absolute atomic E-state index is 4.43. The zero-order valence-electron chi connectivity index (χ0n) is 7.59. The molecule has 1 aliphatic heterocycles. The van der Waals surface area contributed by atoms with Crippen molar-refractivity contribution in [1.29, 1.82) is 0 Å². The predicted molar refractivity (Wildman–Crippen MR) is 57.8 cm³/mol. The van der Waals surface area contributed by atoms with E-state index < -0.39 is 0 Å². The van der Waals surface area contributed by atoms with Gasteiger partial charge in [0, 0.05) is 18.8 Å². The third-order valence-electron chi connectivity index (χ3n) is 2.28. The predicted octanol–water partition coefficient (Wildman–Crippen LogP) is 2.61. The van der Waals surface area contributed by atoms with Crippen LogP contribution in [-0.4, -0.2) is 15.8 Å². The molecule has 0 spiro atoms. The molecule has 0 saturated carbocycles. The van der Waals surface area contributed by atoms with Crippen molar-refractivity contribution in [1.82, 2.24) is 9.55 Å². The van der Waals surface area contributed by atoms with Crippen LogP contribution in [0.2, 0.25) is 0 Å². The molecule has 0 atom stereocenters. The number of allylic oxidation sites excluding steroid dienone is 1. The summed E-state index contributed by atoms with van der Waals surface area (Å²) in [7, 11) is 0. The average Bonchev–Trinajstić information content (AvgIpc) is 2.42. The topological polar surface area (TPSA) is 30.2 Å². The first-order valence-electron chi connectivity index (χ1n) is 4.61. The molecule has 1 aliphatic rings. The molecular weight excluding hydrogens is 174 g/mol. The van der Waals surface area contributed by atoms with Crippen LogP contribution in [0.15, 0.2) is 35.3 Å². The lowest BCUT2D eigenvalue weighted by Crippen LogP contribution is -1.82. The number of hydrogen-bond acceptors (Lipinski definition) is 2. The molecule has 1 aromatic heterocycles. The van der Waals surface area contributed by atoms with Gasteiger partial charge >= 0.3 is 0 Å². The summed E-state index contributed by atoms with van der Waals surface area (Å²) < 4.78 is 2.01. The number of benzene rings is 1. The molecule has 68 valence electrons. The minimum atomic E-state index is 0.764. The maximum atomic E-state index is 4.43. The number of imidazole rings is 1. The summed E-state index contributed by atoms with van der Waals surface area (Å²) in [6, 6.07) is 8.06. The van der Waals surface area contributed by atoms with E-state index in [-0.39, 0.29) is 0 Å². The van der Waals surface area contributed by atoms with Crippen LogP contribution in [-0.2, 0) is 0 Å². The van der Waals surface area contributed by atoms with Crippen molar-refractivity contribution in [2.24, 2.45) is 4.99 Å². The van der Waals surface area contributed by atoms with E-state index in [1.807, 2.05) is 35.2 Å². The number of aromatic nitrogens is 2. The number of hydrogen-bond donors (Lipinski definition) is 0. The molecule has 0 unspecified atom stereocenters. The van der Waals surface area contributed by atoms with Crippen LogP contribution in [0.3, 0.4) is 0 Å². The van der Waals surface area contributed by atoms with Crippen molar-refractivity contribution >= 4 is 29.4 Å². The van der Waals surface area contributed by atoms with Crippen molar-refractivity contribution in [2.45, 2.75) is 6.42 Å². The lowest BCUT2D eigenvalue weighted by atomic mass is 10.3. The van der Waals surface area contributed by atoms with Crippen LogP contribution < -0.4 is 0 Å². The van der Waals surface area contributed by atoms with Gasteiger partial charge in [0.2, 0.25) is 5.95 Å². The van der Waals surface area contributed by atoms with E-state index in [0.29, 0.717) is 0 Å². The number of para-hydroxylation sites is 2. The minimum Gasteiger partial charge on any atom is -0.284 e. The lowest BCUT2D eigenvalue weighted by molar-refractivity contribution is 1.15. The molecule has 3 nitrogen and oxygen atoms in total. The van der Waals surface area contributed by atoms with Gasteiger partial charge in [-0.05, 0) is 12.1 Å². The van der Waals surface area contributed by atoms with Crippen LogP contribution in [0.1, 0.15) is 6.42 Å². The third kappa shape index (κ3) is 0.988. The molecule has 0 radical (unpaired) electrons. The normalized spacial score (nSPS) is 14.3. The fourth-order valence-electron chi connectivity index (χ4n) is 1.63. The highest BCUT2D eigenvalue weighted by Crippen LogP contribution is 2.22. The smallest absolute Gasteiger partial charge is 0.234 e. The summed E-state index contributed by atoms with van der Waals surface area (Å²) in [6.45, 7) is 0. The average molecular weight is 183 g/mol. The highest BCUT2D eigenvalue weighted by Gasteiger charge is 2.07. The third-order valence-corrected chi connectivity index (χ3v) is 2.28. The molecule has 1 aromatic carbocycles. The molecular formula is C11H9N3. The van der Waals surface area contributed by atoms with E-state index in [1.54, 1.807) is 0 Å². The second-order valence-electron chi connectivity index (χ2n) is 3.20. The Labute approximate surface area is 81.4 Å². The van der Waals surface area contributed by atoms with Crippen LogP contribution in [0.4, 0.5) is 5.95 Å². The molecule has 2 heterocycles. The molecule has 2 aromatic rings. The van der Waals surface area contributed by atoms with E-state index in [0.717, 1.165) is 23.4 Å². The fourth-order valence-corrected chi connectivity index (χ4v) is 1.63. The quantitative estimate of drug-likeness (QED) is 0.617. The maximum Gasteiger partial charge on any atom is 0.234 e. The van der Waals surface area contributed by atoms with Crippen LogP contribution in [0, 0.1) is 0 Å². The first-order chi connectivity index (χ1) is 6.95. The minimum absolute atomic E-state index is 0.764. The molecule has 3 rings (SSSR count). The Balaban J connectivity index is 2.41. The summed E-state index contributed by atoms with van der Waals surface area (Å²) >= 11 is 0. The molecule has 0 bridgehead atoms. The van der Waals surface area contributed by atoms with E-state index >= 15 is 0 Å². The Morgan fingerprint density at radius 2 is 2.14 bits per heavy atom. The summed E-state index contributed by atoms with van der Waals surface area (Å²) in [5, 5.41) is 0. The highest BCUT2D eigenvalue weighted by atomic mass is 15.2. The van der Waals surface area contributed by atoms with Crippen molar-refractivity contribution in [2.75, 3.05) is 0 Å². The second kappa shape index (κ2) is 2.80. The van der Waals surface area contributed by atoms with E-state index in [4.69, 9.17) is 0 Å². The first-order valence-corrected chi connectivity index (χ1v) is 4.61. The number of nitrogens with zero attached hydrogens (tertiary/aromatic N) is 3. The molecule has 0 N–H and O–H groups in total. The molecule has 3 heteroatoms. The zero-order valence-corrected chi connectivity index (χ0v) is 7.59. The van der Waals surface area contributed by atoms with Crippen LogP contribution in [0.25, 0.3) is 17.2 Å². The molecule has 14 heavy (non-hydrogen) atoms. The Bertz CT molecular complexity index is 534. The van der Waals surface area contributed by atoms with Crippen molar-refractivity contribution < 1.29 is 0 Å². The largest absolute Gasteiger partial charge is 0.284 e. The Kier molecular flexibility index (Phi) is 1.50. The van der Waals surface area contributed by atoms with Crippen molar-refractivity contribution in [3.63, 3.8) is 0 Å². The van der Waals surface area contributed by atoms with Gasteiger partial charge in [0.1, 0.15) is 0 Å². The molecule has 0 saturated heterocycles. The van der Waals surface area contributed by atoms with Gasteiger partial charge in [-0.3, -0.25) is 4.57 Å². The Morgan fingerprint density at radius 3 is 3.14 bits per heavy atom. The van der Waals surface area contributed by atoms with Crippen LogP contribution in [0.5, 0.6) is 0 Å². The van der Waals surface area contributed by atoms with E-state index in [9.17, 15) is 0 Å². The number of aliphatic imine (C=N–C) groups is 1. The first kappa shape index (κ1) is 7.50. The van der Waals surface area contributed by atoms with Gasteiger partial charge in [0.05, 0.1) is 11.0 Å².